The Hall–Kier alpha value is -2.45. The van der Waals surface area contributed by atoms with Crippen LogP contribution in [0.3, 0.4) is 0 Å². The summed E-state index contributed by atoms with van der Waals surface area (Å²) in [5.74, 6) is 7.04. The highest BCUT2D eigenvalue weighted by atomic mass is 35.5. The average molecular weight is 290 g/mol. The molecule has 0 aliphatic carbocycles. The van der Waals surface area contributed by atoms with Crippen LogP contribution in [-0.2, 0) is 0 Å². The lowest BCUT2D eigenvalue weighted by Gasteiger charge is -2.06. The minimum Gasteiger partial charge on any atom is -0.493 e. The molecule has 2 rings (SSSR count). The van der Waals surface area contributed by atoms with Gasteiger partial charge in [-0.1, -0.05) is 5.92 Å². The third-order valence-electron chi connectivity index (χ3n) is 2.50. The molecule has 2 aromatic rings. The van der Waals surface area contributed by atoms with Gasteiger partial charge in [-0.15, -0.1) is 0 Å². The molecule has 0 aliphatic rings. The standard InChI is InChI=1S/C14H12ClN3O2/c1-19-12-6-4-9(7-13(12)20-2)3-5-11-10(16)8-17-14(15)18-11/h4,6-8H,16H2,1-2H3. The van der Waals surface area contributed by atoms with Gasteiger partial charge in [-0.25, -0.2) is 9.97 Å². The summed E-state index contributed by atoms with van der Waals surface area (Å²) in [7, 11) is 3.14. The molecule has 0 spiro atoms. The van der Waals surface area contributed by atoms with Gasteiger partial charge in [0.05, 0.1) is 26.1 Å². The summed E-state index contributed by atoms with van der Waals surface area (Å²) in [5.41, 5.74) is 7.24. The van der Waals surface area contributed by atoms with Crippen molar-refractivity contribution in [3.8, 4) is 23.3 Å². The summed E-state index contributed by atoms with van der Waals surface area (Å²) >= 11 is 5.70. The number of anilines is 1. The molecule has 0 unspecified atom stereocenters. The first-order valence-corrected chi connectivity index (χ1v) is 6.04. The zero-order chi connectivity index (χ0) is 14.5. The number of nitrogens with two attached hydrogens (primary N) is 1. The molecule has 0 saturated carbocycles. The lowest BCUT2D eigenvalue weighted by Crippen LogP contribution is -1.96. The van der Waals surface area contributed by atoms with Crippen LogP contribution < -0.4 is 15.2 Å². The van der Waals surface area contributed by atoms with Crippen LogP contribution in [0, 0.1) is 11.8 Å². The molecule has 102 valence electrons. The Morgan fingerprint density at radius 1 is 1.15 bits per heavy atom. The summed E-state index contributed by atoms with van der Waals surface area (Å²) in [6, 6.07) is 5.36. The van der Waals surface area contributed by atoms with Gasteiger partial charge in [-0.05, 0) is 35.7 Å². The van der Waals surface area contributed by atoms with Crippen molar-refractivity contribution in [3.63, 3.8) is 0 Å². The van der Waals surface area contributed by atoms with Gasteiger partial charge in [0.15, 0.2) is 11.5 Å². The van der Waals surface area contributed by atoms with Crippen LogP contribution in [0.5, 0.6) is 11.5 Å². The van der Waals surface area contributed by atoms with Gasteiger partial charge in [0.25, 0.3) is 0 Å². The Morgan fingerprint density at radius 3 is 2.60 bits per heavy atom. The number of nitrogens with zero attached hydrogens (tertiary/aromatic N) is 2. The van der Waals surface area contributed by atoms with E-state index in [0.717, 1.165) is 5.56 Å². The molecule has 1 heterocycles. The fourth-order valence-electron chi connectivity index (χ4n) is 1.52. The zero-order valence-corrected chi connectivity index (χ0v) is 11.7. The molecule has 0 bridgehead atoms. The summed E-state index contributed by atoms with van der Waals surface area (Å²) in [4.78, 5) is 7.73. The minimum absolute atomic E-state index is 0.107. The van der Waals surface area contributed by atoms with Gasteiger partial charge in [0.2, 0.25) is 5.28 Å². The highest BCUT2D eigenvalue weighted by Crippen LogP contribution is 2.27. The molecular weight excluding hydrogens is 278 g/mol. The van der Waals surface area contributed by atoms with E-state index in [1.165, 1.54) is 6.20 Å². The molecule has 0 saturated heterocycles. The Morgan fingerprint density at radius 2 is 1.90 bits per heavy atom. The van der Waals surface area contributed by atoms with E-state index >= 15 is 0 Å². The van der Waals surface area contributed by atoms with Gasteiger partial charge < -0.3 is 15.2 Å². The maximum atomic E-state index is 5.72. The Balaban J connectivity index is 2.35. The Bertz CT molecular complexity index is 693. The first kappa shape index (κ1) is 14.0. The second-order valence-corrected chi connectivity index (χ2v) is 4.10. The number of rotatable bonds is 2. The van der Waals surface area contributed by atoms with Crippen molar-refractivity contribution in [1.29, 1.82) is 0 Å². The number of benzene rings is 1. The van der Waals surface area contributed by atoms with Crippen molar-refractivity contribution in [2.24, 2.45) is 0 Å². The summed E-state index contributed by atoms with van der Waals surface area (Å²) in [6.45, 7) is 0. The normalized spacial score (nSPS) is 9.55. The van der Waals surface area contributed by atoms with E-state index in [2.05, 4.69) is 21.8 Å². The van der Waals surface area contributed by atoms with E-state index in [-0.39, 0.29) is 5.28 Å². The highest BCUT2D eigenvalue weighted by Gasteiger charge is 2.03. The maximum Gasteiger partial charge on any atom is 0.223 e. The minimum atomic E-state index is 0.107. The van der Waals surface area contributed by atoms with Crippen LogP contribution in [0.15, 0.2) is 24.4 Å². The van der Waals surface area contributed by atoms with Crippen molar-refractivity contribution in [2.75, 3.05) is 20.0 Å². The van der Waals surface area contributed by atoms with Crippen LogP contribution in [0.2, 0.25) is 5.28 Å². The number of methoxy groups -OCH3 is 2. The molecule has 0 atom stereocenters. The summed E-state index contributed by atoms with van der Waals surface area (Å²) in [5, 5.41) is 0.107. The van der Waals surface area contributed by atoms with Crippen LogP contribution in [-0.4, -0.2) is 24.2 Å². The van der Waals surface area contributed by atoms with Crippen molar-refractivity contribution in [3.05, 3.63) is 40.9 Å². The van der Waals surface area contributed by atoms with Gasteiger partial charge in [-0.2, -0.15) is 0 Å². The van der Waals surface area contributed by atoms with Crippen molar-refractivity contribution in [2.45, 2.75) is 0 Å². The SMILES string of the molecule is COc1ccc(C#Cc2nc(Cl)ncc2N)cc1OC. The number of ether oxygens (including phenoxy) is 2. The van der Waals surface area contributed by atoms with Crippen molar-refractivity contribution >= 4 is 17.3 Å². The third-order valence-corrected chi connectivity index (χ3v) is 2.68. The van der Waals surface area contributed by atoms with Gasteiger partial charge in [0, 0.05) is 5.56 Å². The van der Waals surface area contributed by atoms with E-state index in [0.29, 0.717) is 22.9 Å². The fourth-order valence-corrected chi connectivity index (χ4v) is 1.65. The number of aromatic nitrogens is 2. The molecular formula is C14H12ClN3O2. The number of nitrogen functional groups attached to an aromatic ring is 1. The van der Waals surface area contributed by atoms with E-state index in [1.54, 1.807) is 26.4 Å². The van der Waals surface area contributed by atoms with E-state index < -0.39 is 0 Å². The molecule has 2 N–H and O–H groups in total. The number of halogens is 1. The van der Waals surface area contributed by atoms with Gasteiger partial charge >= 0.3 is 0 Å². The van der Waals surface area contributed by atoms with Crippen LogP contribution in [0.25, 0.3) is 0 Å². The summed E-state index contributed by atoms with van der Waals surface area (Å²) < 4.78 is 10.4. The number of hydrogen-bond acceptors (Lipinski definition) is 5. The van der Waals surface area contributed by atoms with Gasteiger partial charge in [0.1, 0.15) is 5.69 Å². The van der Waals surface area contributed by atoms with Crippen LogP contribution in [0.1, 0.15) is 11.3 Å². The van der Waals surface area contributed by atoms with Crippen LogP contribution in [0.4, 0.5) is 5.69 Å². The topological polar surface area (TPSA) is 70.3 Å². The summed E-state index contributed by atoms with van der Waals surface area (Å²) in [6.07, 6.45) is 1.42. The Kier molecular flexibility index (Phi) is 4.28. The van der Waals surface area contributed by atoms with E-state index in [9.17, 15) is 0 Å². The molecule has 0 radical (unpaired) electrons. The van der Waals surface area contributed by atoms with Crippen molar-refractivity contribution in [1.82, 2.24) is 9.97 Å². The highest BCUT2D eigenvalue weighted by molar-refractivity contribution is 6.28. The molecule has 0 amide bonds. The quantitative estimate of drug-likeness (QED) is 0.677. The zero-order valence-electron chi connectivity index (χ0n) is 11.0. The maximum absolute atomic E-state index is 5.72. The molecule has 1 aromatic carbocycles. The molecule has 0 fully saturated rings. The van der Waals surface area contributed by atoms with Crippen LogP contribution >= 0.6 is 11.6 Å². The first-order chi connectivity index (χ1) is 9.63. The van der Waals surface area contributed by atoms with E-state index in [4.69, 9.17) is 26.8 Å². The molecule has 6 heteroatoms. The van der Waals surface area contributed by atoms with Gasteiger partial charge in [-0.3, -0.25) is 0 Å². The predicted octanol–water partition coefficient (Wildman–Crippen LogP) is 2.13. The average Bonchev–Trinajstić information content (AvgIpc) is 2.47. The second-order valence-electron chi connectivity index (χ2n) is 3.76. The third kappa shape index (κ3) is 3.11. The van der Waals surface area contributed by atoms with E-state index in [1.807, 2.05) is 6.07 Å². The second kappa shape index (κ2) is 6.13. The largest absolute Gasteiger partial charge is 0.493 e. The predicted molar refractivity (Wildman–Crippen MR) is 77.0 cm³/mol. The molecule has 20 heavy (non-hydrogen) atoms. The molecule has 5 nitrogen and oxygen atoms in total. The molecule has 1 aromatic heterocycles. The fraction of sp³-hybridized carbons (Fsp3) is 0.143. The smallest absolute Gasteiger partial charge is 0.223 e. The monoisotopic (exact) mass is 289 g/mol. The number of hydrogen-bond donors (Lipinski definition) is 1. The van der Waals surface area contributed by atoms with Crippen molar-refractivity contribution < 1.29 is 9.47 Å². The first-order valence-electron chi connectivity index (χ1n) is 5.66. The lowest BCUT2D eigenvalue weighted by molar-refractivity contribution is 0.355. The lowest BCUT2D eigenvalue weighted by atomic mass is 10.2. The Labute approximate surface area is 121 Å². The molecule has 0 aliphatic heterocycles.